The van der Waals surface area contributed by atoms with Crippen LogP contribution >= 0.6 is 11.6 Å². The van der Waals surface area contributed by atoms with E-state index in [1.54, 1.807) is 24.0 Å². The van der Waals surface area contributed by atoms with Crippen LogP contribution in [-0.2, 0) is 76.6 Å². The minimum Gasteiger partial charge on any atom is -0.343 e. The van der Waals surface area contributed by atoms with Crippen molar-refractivity contribution < 1.29 is 70.7 Å². The number of halogens is 4. The maximum Gasteiger partial charge on any atom is 0.417 e. The number of carbonyl (C=O) groups is 12. The number of likely N-dealkylation sites (tertiary alicyclic amines) is 1. The van der Waals surface area contributed by atoms with Gasteiger partial charge in [-0.15, -0.1) is 0 Å². The van der Waals surface area contributed by atoms with Gasteiger partial charge in [-0.3, -0.25) is 57.5 Å². The highest BCUT2D eigenvalue weighted by Crippen LogP contribution is 2.38. The molecule has 3 N–H and O–H groups in total. The Morgan fingerprint density at radius 1 is 0.618 bits per heavy atom. The Labute approximate surface area is 603 Å². The molecule has 5 aliphatic rings. The second-order valence-electron chi connectivity index (χ2n) is 29.6. The van der Waals surface area contributed by atoms with Gasteiger partial charge in [0.2, 0.25) is 70.9 Å². The third-order valence-electron chi connectivity index (χ3n) is 21.6. The zero-order valence-electron chi connectivity index (χ0n) is 61.6. The number of alkyl halides is 3. The number of hydrogen-bond acceptors (Lipinski definition) is 12. The average Bonchev–Trinajstić information content (AvgIpc) is 1.46. The van der Waals surface area contributed by atoms with Crippen molar-refractivity contribution in [1.82, 2.24) is 60.0 Å². The summed E-state index contributed by atoms with van der Waals surface area (Å²) < 4.78 is 41.7. The molecule has 2 aromatic carbocycles. The maximum absolute atomic E-state index is 15.8. The van der Waals surface area contributed by atoms with Crippen molar-refractivity contribution in [2.75, 3.05) is 88.6 Å². The van der Waals surface area contributed by atoms with Crippen molar-refractivity contribution in [3.05, 3.63) is 69.7 Å². The highest BCUT2D eigenvalue weighted by atomic mass is 35.5. The Bertz CT molecular complexity index is 3360. The summed E-state index contributed by atoms with van der Waals surface area (Å²) in [6, 6.07) is 1.41. The van der Waals surface area contributed by atoms with Crippen LogP contribution in [0.2, 0.25) is 5.02 Å². The molecule has 2 saturated carbocycles. The first kappa shape index (κ1) is 81.5. The van der Waals surface area contributed by atoms with Crippen molar-refractivity contribution in [3.63, 3.8) is 0 Å². The second-order valence-corrected chi connectivity index (χ2v) is 30.0. The number of benzene rings is 2. The lowest BCUT2D eigenvalue weighted by molar-refractivity contribution is -0.157. The molecule has 1 unspecified atom stereocenters. The van der Waals surface area contributed by atoms with Crippen LogP contribution in [0.15, 0.2) is 42.5 Å². The highest BCUT2D eigenvalue weighted by molar-refractivity contribution is 6.31. The first-order valence-corrected chi connectivity index (χ1v) is 36.7. The first-order valence-electron chi connectivity index (χ1n) is 36.3. The fraction of sp³-hybridized carbons (Fsp3) is 0.676. The minimum absolute atomic E-state index is 0.0236. The highest BCUT2D eigenvalue weighted by Gasteiger charge is 2.51. The van der Waals surface area contributed by atoms with Crippen LogP contribution in [0, 0.1) is 24.7 Å². The Balaban J connectivity index is 1.30. The van der Waals surface area contributed by atoms with E-state index in [2.05, 4.69) is 16.0 Å². The van der Waals surface area contributed by atoms with Gasteiger partial charge in [0.05, 0.1) is 36.6 Å². The monoisotopic (exact) mass is 1450 g/mol. The number of nitrogens with one attached hydrogen (secondary N) is 3. The summed E-state index contributed by atoms with van der Waals surface area (Å²) >= 11 is 6.16. The molecule has 1 spiro atoms. The summed E-state index contributed by atoms with van der Waals surface area (Å²) in [5, 5.41) is 8.14. The zero-order valence-corrected chi connectivity index (χ0v) is 62.4. The average molecular weight is 1450 g/mol. The van der Waals surface area contributed by atoms with Crippen molar-refractivity contribution in [2.24, 2.45) is 17.8 Å². The van der Waals surface area contributed by atoms with Crippen LogP contribution in [0.25, 0.3) is 0 Å². The third-order valence-corrected chi connectivity index (χ3v) is 21.9. The number of piperidine rings is 1. The van der Waals surface area contributed by atoms with Gasteiger partial charge in [0.1, 0.15) is 47.8 Å². The minimum atomic E-state index is -4.77. The van der Waals surface area contributed by atoms with E-state index in [4.69, 9.17) is 11.6 Å². The van der Waals surface area contributed by atoms with E-state index < -0.39 is 173 Å². The summed E-state index contributed by atoms with van der Waals surface area (Å²) in [7, 11) is 9.86. The van der Waals surface area contributed by atoms with Gasteiger partial charge in [0, 0.05) is 75.4 Å². The van der Waals surface area contributed by atoms with Gasteiger partial charge < -0.3 is 60.0 Å². The van der Waals surface area contributed by atoms with Gasteiger partial charge in [-0.05, 0) is 125 Å². The fourth-order valence-electron chi connectivity index (χ4n) is 15.0. The number of aryl methyl sites for hydroxylation is 2. The van der Waals surface area contributed by atoms with E-state index >= 15 is 28.8 Å². The lowest BCUT2D eigenvalue weighted by atomic mass is 9.81. The van der Waals surface area contributed by atoms with Gasteiger partial charge in [0.15, 0.2) is 0 Å². The number of likely N-dealkylation sites (N-methyl/N-ethyl adjacent to an activating group) is 7. The Hall–Kier alpha value is -7.84. The molecule has 3 aliphatic heterocycles. The van der Waals surface area contributed by atoms with Crippen molar-refractivity contribution in [1.29, 1.82) is 0 Å². The van der Waals surface area contributed by atoms with Gasteiger partial charge >= 0.3 is 6.18 Å². The molecular formula is C74H108ClF3N12O12. The van der Waals surface area contributed by atoms with Gasteiger partial charge in [0.25, 0.3) is 0 Å². The van der Waals surface area contributed by atoms with Crippen LogP contribution in [0.3, 0.4) is 0 Å². The molecule has 2 aliphatic carbocycles. The van der Waals surface area contributed by atoms with Gasteiger partial charge in [-0.25, -0.2) is 0 Å². The van der Waals surface area contributed by atoms with Crippen molar-refractivity contribution in [2.45, 2.75) is 217 Å². The molecule has 2 aromatic rings. The molecule has 3 heterocycles. The summed E-state index contributed by atoms with van der Waals surface area (Å²) in [5.74, 6) is -9.06. The predicted molar refractivity (Wildman–Crippen MR) is 377 cm³/mol. The number of nitrogens with zero attached hydrogens (tertiary/aromatic N) is 9. The molecule has 0 radical (unpaired) electrons. The lowest BCUT2D eigenvalue weighted by Crippen LogP contribution is -2.65. The number of rotatable bonds is 11. The van der Waals surface area contributed by atoms with Crippen LogP contribution in [0.5, 0.6) is 0 Å². The fourth-order valence-corrected chi connectivity index (χ4v) is 15.3. The number of amides is 12. The standard InChI is InChI=1S/C74H108ClF3N12O12/c1-13-48(5)63-70(100)84(8)44-61(93)82(6)45-62(94)86(10)57(41-50-28-26-47(4)27-29-50)68(98)83(7)43-59(91)79-54(33-31-49-30-32-52(53(75)40-49)74(76,77)78)67(97)90-38-22-25-55(90)66(96)81-73(34-18-19-35-73)72(102)88(12)64(51-23-16-14-17-24-51)71(101)87(11)58(69(99)89-36-20-15-21-37-89)42-60(92)85(9)56(39-46(2)3)65(95)80-63/h26-30,32,40,46,48,51,54-58,63-64H,13-25,31,33-39,41-45H2,1-12H3,(H,79,91)(H,80,95)(H,81,96)/t48-,54-,55?,56-,57-,58-,63-,64-/m0/s1. The molecule has 102 heavy (non-hydrogen) atoms. The molecule has 24 nitrogen and oxygen atoms in total. The van der Waals surface area contributed by atoms with Crippen molar-refractivity contribution >= 4 is 82.5 Å². The Morgan fingerprint density at radius 3 is 1.82 bits per heavy atom. The largest absolute Gasteiger partial charge is 0.417 e. The number of carbonyl (C=O) groups excluding carboxylic acids is 12. The first-order chi connectivity index (χ1) is 48.1. The van der Waals surface area contributed by atoms with E-state index in [9.17, 15) is 41.9 Å². The normalized spacial score (nSPS) is 25.5. The molecule has 0 bridgehead atoms. The number of fused-ring (bicyclic) bond motifs is 1. The third kappa shape index (κ3) is 20.3. The SMILES string of the molecule is CC[C@H](C)[C@@H]1NC(=O)[C@H](CC(C)C)N(C)C(=O)C[C@@H](C(=O)N2CCCCC2)N(C)C(=O)[C@H](C2CCCCC2)N(C)C(=O)C2(CCCC2)NC(=O)C2CCCN2C(=O)[C@H](CCc2ccc(C(F)(F)F)c(Cl)c2)NC(=O)CN(C)C(=O)[C@H](Cc2ccc(C)cc2)N(C)C(=O)CN(C)C(=O)CN(C)C1=O. The second kappa shape index (κ2) is 36.0. The van der Waals surface area contributed by atoms with Crippen molar-refractivity contribution in [3.8, 4) is 0 Å². The maximum atomic E-state index is 15.8. The molecule has 3 saturated heterocycles. The van der Waals surface area contributed by atoms with E-state index in [1.807, 2.05) is 39.8 Å². The van der Waals surface area contributed by atoms with Crippen LogP contribution < -0.4 is 16.0 Å². The van der Waals surface area contributed by atoms with E-state index in [0.717, 1.165) is 63.0 Å². The number of hydrogen-bond donors (Lipinski definition) is 3. The molecule has 12 amide bonds. The molecular weight excluding hydrogens is 1340 g/mol. The van der Waals surface area contributed by atoms with Crippen LogP contribution in [0.4, 0.5) is 13.2 Å². The van der Waals surface area contributed by atoms with Crippen LogP contribution in [-0.4, -0.2) is 251 Å². The molecule has 564 valence electrons. The molecule has 8 atom stereocenters. The summed E-state index contributed by atoms with van der Waals surface area (Å²) in [4.78, 5) is 191. The van der Waals surface area contributed by atoms with E-state index in [0.29, 0.717) is 70.0 Å². The Morgan fingerprint density at radius 2 is 1.22 bits per heavy atom. The summed E-state index contributed by atoms with van der Waals surface area (Å²) in [5.41, 5.74) is -0.820. The quantitative estimate of drug-likeness (QED) is 0.234. The van der Waals surface area contributed by atoms with Gasteiger partial charge in [-0.1, -0.05) is 114 Å². The zero-order chi connectivity index (χ0) is 75.2. The van der Waals surface area contributed by atoms with Crippen LogP contribution in [0.1, 0.15) is 166 Å². The molecule has 7 rings (SSSR count). The predicted octanol–water partition coefficient (Wildman–Crippen LogP) is 6.00. The van der Waals surface area contributed by atoms with E-state index in [1.165, 1.54) is 75.0 Å². The molecule has 28 heteroatoms. The lowest BCUT2D eigenvalue weighted by Gasteiger charge is -2.43. The molecule has 5 fully saturated rings. The topological polar surface area (TPSA) is 270 Å². The summed E-state index contributed by atoms with van der Waals surface area (Å²) in [6.07, 6.45) is 2.32. The summed E-state index contributed by atoms with van der Waals surface area (Å²) in [6.45, 7) is 8.15. The Kier molecular flexibility index (Phi) is 28.8. The molecule has 0 aromatic heterocycles. The van der Waals surface area contributed by atoms with E-state index in [-0.39, 0.29) is 63.0 Å². The van der Waals surface area contributed by atoms with Gasteiger partial charge in [-0.2, -0.15) is 13.2 Å². The smallest absolute Gasteiger partial charge is 0.343 e.